The Kier molecular flexibility index (Phi) is 3.77. The molecular formula is C17H13ClFN5O. The fourth-order valence-electron chi connectivity index (χ4n) is 3.68. The van der Waals surface area contributed by atoms with E-state index in [2.05, 4.69) is 15.3 Å². The third kappa shape index (κ3) is 2.59. The lowest BCUT2D eigenvalue weighted by molar-refractivity contribution is 0.178. The van der Waals surface area contributed by atoms with Gasteiger partial charge in [0.05, 0.1) is 16.6 Å². The molecule has 0 radical (unpaired) electrons. The van der Waals surface area contributed by atoms with Gasteiger partial charge in [0.2, 0.25) is 5.95 Å². The van der Waals surface area contributed by atoms with Crippen LogP contribution in [0.5, 0.6) is 0 Å². The summed E-state index contributed by atoms with van der Waals surface area (Å²) in [6.45, 7) is 0. The third-order valence-electron chi connectivity index (χ3n) is 4.78. The maximum Gasteiger partial charge on any atom is 0.323 e. The van der Waals surface area contributed by atoms with E-state index in [-0.39, 0.29) is 34.5 Å². The first-order valence-corrected chi connectivity index (χ1v) is 8.24. The SMILES string of the molecule is N#Cc1cnc(NC(=O)N2[C@@H]3CC[C@H]2c2ccnc(F)c2C3)cc1Cl. The molecule has 4 rings (SSSR count). The van der Waals surface area contributed by atoms with Crippen molar-refractivity contribution in [3.8, 4) is 6.07 Å². The van der Waals surface area contributed by atoms with Crippen LogP contribution in [-0.4, -0.2) is 26.9 Å². The molecule has 2 aliphatic heterocycles. The lowest BCUT2D eigenvalue weighted by atomic mass is 9.95. The number of amides is 2. The number of anilines is 1. The van der Waals surface area contributed by atoms with Crippen LogP contribution < -0.4 is 5.32 Å². The summed E-state index contributed by atoms with van der Waals surface area (Å²) in [6, 6.07) is 4.61. The smallest absolute Gasteiger partial charge is 0.314 e. The monoisotopic (exact) mass is 357 g/mol. The van der Waals surface area contributed by atoms with Gasteiger partial charge in [-0.1, -0.05) is 11.6 Å². The van der Waals surface area contributed by atoms with Gasteiger partial charge in [-0.3, -0.25) is 5.32 Å². The molecule has 0 aliphatic carbocycles. The first-order valence-electron chi connectivity index (χ1n) is 7.86. The van der Waals surface area contributed by atoms with Crippen molar-refractivity contribution in [2.45, 2.75) is 31.3 Å². The molecule has 1 N–H and O–H groups in total. The highest BCUT2D eigenvalue weighted by atomic mass is 35.5. The average Bonchev–Trinajstić information content (AvgIpc) is 2.91. The molecule has 2 amide bonds. The summed E-state index contributed by atoms with van der Waals surface area (Å²) in [7, 11) is 0. The number of fused-ring (bicyclic) bond motifs is 4. The van der Waals surface area contributed by atoms with E-state index in [1.54, 1.807) is 11.0 Å². The quantitative estimate of drug-likeness (QED) is 0.793. The minimum Gasteiger partial charge on any atom is -0.314 e. The lowest BCUT2D eigenvalue weighted by Gasteiger charge is -2.36. The standard InChI is InChI=1S/C17H13ClFN5O/c18-13-6-15(22-8-9(13)7-20)23-17(25)24-10-1-2-14(24)11-3-4-21-16(19)12(11)5-10/h3-4,6,8,10,14H,1-2,5H2,(H,22,23,25)/t10-,14+/m1/s1. The Morgan fingerprint density at radius 2 is 2.28 bits per heavy atom. The molecular weight excluding hydrogens is 345 g/mol. The van der Waals surface area contributed by atoms with E-state index >= 15 is 0 Å². The Morgan fingerprint density at radius 1 is 1.44 bits per heavy atom. The van der Waals surface area contributed by atoms with E-state index in [1.165, 1.54) is 18.5 Å². The Labute approximate surface area is 148 Å². The van der Waals surface area contributed by atoms with Crippen LogP contribution in [0.25, 0.3) is 0 Å². The van der Waals surface area contributed by atoms with E-state index in [4.69, 9.17) is 16.9 Å². The Balaban J connectivity index is 1.60. The molecule has 0 unspecified atom stereocenters. The zero-order valence-electron chi connectivity index (χ0n) is 13.0. The first kappa shape index (κ1) is 15.8. The maximum atomic E-state index is 14.0. The fraction of sp³-hybridized carbons (Fsp3) is 0.294. The molecule has 2 bridgehead atoms. The van der Waals surface area contributed by atoms with Gasteiger partial charge in [-0.05, 0) is 30.9 Å². The summed E-state index contributed by atoms with van der Waals surface area (Å²) in [5, 5.41) is 11.8. The summed E-state index contributed by atoms with van der Waals surface area (Å²) in [5.41, 5.74) is 1.68. The number of rotatable bonds is 1. The van der Waals surface area contributed by atoms with E-state index in [0.717, 1.165) is 18.4 Å². The van der Waals surface area contributed by atoms with E-state index in [1.807, 2.05) is 6.07 Å². The largest absolute Gasteiger partial charge is 0.323 e. The lowest BCUT2D eigenvalue weighted by Crippen LogP contribution is -2.44. The molecule has 8 heteroatoms. The molecule has 2 aromatic rings. The number of pyridine rings is 2. The number of hydrogen-bond donors (Lipinski definition) is 1. The minimum atomic E-state index is -0.449. The molecule has 25 heavy (non-hydrogen) atoms. The van der Waals surface area contributed by atoms with Crippen molar-refractivity contribution in [3.05, 3.63) is 52.2 Å². The molecule has 0 aromatic carbocycles. The average molecular weight is 358 g/mol. The van der Waals surface area contributed by atoms with E-state index < -0.39 is 5.95 Å². The van der Waals surface area contributed by atoms with Crippen molar-refractivity contribution in [2.24, 2.45) is 0 Å². The van der Waals surface area contributed by atoms with Crippen molar-refractivity contribution in [1.29, 1.82) is 5.26 Å². The zero-order valence-corrected chi connectivity index (χ0v) is 13.8. The van der Waals surface area contributed by atoms with Crippen LogP contribution in [0.1, 0.15) is 35.6 Å². The van der Waals surface area contributed by atoms with Crippen molar-refractivity contribution in [3.63, 3.8) is 0 Å². The van der Waals surface area contributed by atoms with Gasteiger partial charge in [0.25, 0.3) is 0 Å². The number of carbonyl (C=O) groups excluding carboxylic acids is 1. The van der Waals surface area contributed by atoms with Crippen LogP contribution in [0.2, 0.25) is 5.02 Å². The molecule has 2 aliphatic rings. The number of nitriles is 1. The highest BCUT2D eigenvalue weighted by molar-refractivity contribution is 6.32. The molecule has 0 spiro atoms. The molecule has 6 nitrogen and oxygen atoms in total. The molecule has 2 atom stereocenters. The number of hydrogen-bond acceptors (Lipinski definition) is 4. The summed E-state index contributed by atoms with van der Waals surface area (Å²) in [4.78, 5) is 22.2. The van der Waals surface area contributed by atoms with E-state index in [9.17, 15) is 9.18 Å². The maximum absolute atomic E-state index is 14.0. The summed E-state index contributed by atoms with van der Waals surface area (Å²) in [5.74, 6) is -0.171. The van der Waals surface area contributed by atoms with Crippen LogP contribution in [0.15, 0.2) is 24.5 Å². The molecule has 4 heterocycles. The van der Waals surface area contributed by atoms with Gasteiger partial charge in [-0.15, -0.1) is 0 Å². The number of aromatic nitrogens is 2. The summed E-state index contributed by atoms with van der Waals surface area (Å²) in [6.07, 6.45) is 4.81. The normalized spacial score (nSPS) is 20.8. The molecule has 2 aromatic heterocycles. The Hall–Kier alpha value is -2.72. The van der Waals surface area contributed by atoms with Gasteiger partial charge in [-0.2, -0.15) is 9.65 Å². The van der Waals surface area contributed by atoms with Crippen molar-refractivity contribution in [1.82, 2.24) is 14.9 Å². The van der Waals surface area contributed by atoms with Crippen molar-refractivity contribution in [2.75, 3.05) is 5.32 Å². The van der Waals surface area contributed by atoms with Crippen LogP contribution >= 0.6 is 11.6 Å². The Morgan fingerprint density at radius 3 is 3.04 bits per heavy atom. The minimum absolute atomic E-state index is 0.0648. The number of nitrogens with one attached hydrogen (secondary N) is 1. The predicted octanol–water partition coefficient (Wildman–Crippen LogP) is 3.43. The zero-order chi connectivity index (χ0) is 17.6. The van der Waals surface area contributed by atoms with Gasteiger partial charge >= 0.3 is 6.03 Å². The second kappa shape index (κ2) is 5.97. The number of halogens is 2. The molecule has 126 valence electrons. The van der Waals surface area contributed by atoms with Crippen LogP contribution in [-0.2, 0) is 6.42 Å². The first-order chi connectivity index (χ1) is 12.1. The van der Waals surface area contributed by atoms with Crippen LogP contribution in [0, 0.1) is 17.3 Å². The van der Waals surface area contributed by atoms with Gasteiger partial charge in [0.1, 0.15) is 11.9 Å². The van der Waals surface area contributed by atoms with Gasteiger partial charge in [-0.25, -0.2) is 14.8 Å². The van der Waals surface area contributed by atoms with E-state index in [0.29, 0.717) is 12.0 Å². The second-order valence-electron chi connectivity index (χ2n) is 6.12. The molecule has 0 saturated carbocycles. The van der Waals surface area contributed by atoms with Gasteiger partial charge in [0, 0.05) is 30.1 Å². The predicted molar refractivity (Wildman–Crippen MR) is 88.5 cm³/mol. The Bertz CT molecular complexity index is 912. The molecule has 1 fully saturated rings. The second-order valence-corrected chi connectivity index (χ2v) is 6.53. The van der Waals surface area contributed by atoms with Crippen molar-refractivity contribution >= 4 is 23.4 Å². The third-order valence-corrected chi connectivity index (χ3v) is 5.10. The van der Waals surface area contributed by atoms with Crippen molar-refractivity contribution < 1.29 is 9.18 Å². The van der Waals surface area contributed by atoms with Crippen LogP contribution in [0.4, 0.5) is 15.0 Å². The van der Waals surface area contributed by atoms with Gasteiger partial charge < -0.3 is 4.90 Å². The summed E-state index contributed by atoms with van der Waals surface area (Å²) >= 11 is 5.98. The highest BCUT2D eigenvalue weighted by Gasteiger charge is 2.43. The van der Waals surface area contributed by atoms with Crippen LogP contribution in [0.3, 0.4) is 0 Å². The number of carbonyl (C=O) groups is 1. The fourth-order valence-corrected chi connectivity index (χ4v) is 3.88. The molecule has 1 saturated heterocycles. The highest BCUT2D eigenvalue weighted by Crippen LogP contribution is 2.44. The number of urea groups is 1. The number of nitrogens with zero attached hydrogens (tertiary/aromatic N) is 4. The topological polar surface area (TPSA) is 81.9 Å². The summed E-state index contributed by atoms with van der Waals surface area (Å²) < 4.78 is 14.0. The van der Waals surface area contributed by atoms with Gasteiger partial charge in [0.15, 0.2) is 0 Å².